The summed E-state index contributed by atoms with van der Waals surface area (Å²) in [5.41, 5.74) is 1.73. The second kappa shape index (κ2) is 10.9. The molecule has 0 aliphatic carbocycles. The minimum atomic E-state index is -0.817. The summed E-state index contributed by atoms with van der Waals surface area (Å²) in [5.74, 6) is 2.12. The molecule has 2 saturated heterocycles. The Bertz CT molecular complexity index is 1100. The number of phenolic OH excluding ortho intramolecular Hbond substituents is 1. The number of nitrogens with one attached hydrogen (secondary N) is 1. The van der Waals surface area contributed by atoms with Crippen LogP contribution in [0.25, 0.3) is 0 Å². The van der Waals surface area contributed by atoms with Crippen molar-refractivity contribution in [3.05, 3.63) is 65.7 Å². The van der Waals surface area contributed by atoms with Gasteiger partial charge in [-0.1, -0.05) is 55.8 Å². The molecule has 9 heteroatoms. The molecule has 0 unspecified atom stereocenters. The summed E-state index contributed by atoms with van der Waals surface area (Å²) in [7, 11) is 1.67. The Morgan fingerprint density at radius 2 is 1.80 bits per heavy atom. The topological polar surface area (TPSA) is 96.4 Å². The molecular weight excluding hydrogens is 446 g/mol. The van der Waals surface area contributed by atoms with Gasteiger partial charge in [0.05, 0.1) is 19.6 Å². The molecule has 4 amide bonds. The zero-order valence-corrected chi connectivity index (χ0v) is 18.9. The average molecular weight is 478 g/mol. The molecule has 0 saturated carbocycles. The van der Waals surface area contributed by atoms with Crippen molar-refractivity contribution >= 4 is 17.8 Å². The van der Waals surface area contributed by atoms with Crippen molar-refractivity contribution in [2.24, 2.45) is 0 Å². The van der Waals surface area contributed by atoms with Crippen molar-refractivity contribution in [2.45, 2.75) is 32.6 Å². The van der Waals surface area contributed by atoms with Crippen LogP contribution in [0.1, 0.15) is 18.6 Å². The molecule has 35 heavy (non-hydrogen) atoms. The number of likely N-dealkylation sites (N-methyl/N-ethyl adjacent to an activating group) is 1. The molecule has 2 aliphatic rings. The second-order valence-electron chi connectivity index (χ2n) is 8.40. The summed E-state index contributed by atoms with van der Waals surface area (Å²) in [6.07, 6.45) is 5.05. The van der Waals surface area contributed by atoms with Crippen molar-refractivity contribution in [3.8, 4) is 18.1 Å². The maximum absolute atomic E-state index is 13.3. The van der Waals surface area contributed by atoms with Crippen LogP contribution < -0.4 is 5.32 Å². The lowest BCUT2D eigenvalue weighted by Gasteiger charge is -2.54. The van der Waals surface area contributed by atoms with E-state index < -0.39 is 12.2 Å². The van der Waals surface area contributed by atoms with Crippen molar-refractivity contribution in [1.82, 2.24) is 25.1 Å². The van der Waals surface area contributed by atoms with Gasteiger partial charge in [-0.15, -0.1) is 6.42 Å². The van der Waals surface area contributed by atoms with Gasteiger partial charge in [0, 0.05) is 20.0 Å². The molecule has 2 heterocycles. The van der Waals surface area contributed by atoms with Crippen LogP contribution in [-0.4, -0.2) is 81.7 Å². The Balaban J connectivity index is 0.00000342. The van der Waals surface area contributed by atoms with Crippen molar-refractivity contribution < 1.29 is 19.5 Å². The highest BCUT2D eigenvalue weighted by atomic mass is 16.3. The standard InChI is InChI=1S/C25H27N5O4.CH4/c1-3-13-28-16-22-29(21(24(28)33)14-18-9-11-20(31)12-10-18)23(32)17-27(2)30(22)25(34)26-15-19-7-5-4-6-8-19;/h1,4-12,21-22,31H,13-17H2,2H3,(H,26,34);1H4/t21-,22-;/m0./s1. The smallest absolute Gasteiger partial charge is 0.334 e. The Morgan fingerprint density at radius 3 is 2.46 bits per heavy atom. The summed E-state index contributed by atoms with van der Waals surface area (Å²) < 4.78 is 0. The van der Waals surface area contributed by atoms with E-state index in [1.807, 2.05) is 30.3 Å². The number of nitrogens with zero attached hydrogens (tertiary/aromatic N) is 4. The third-order valence-electron chi connectivity index (χ3n) is 6.08. The van der Waals surface area contributed by atoms with E-state index in [1.54, 1.807) is 24.2 Å². The molecule has 184 valence electrons. The SMILES string of the molecule is C.C#CCN1C[C@H]2N(C(=O)CN(C)N2C(=O)NCc2ccccc2)[C@@H](Cc2ccc(O)cc2)C1=O. The number of hydrogen-bond donors (Lipinski definition) is 2. The Hall–Kier alpha value is -4.03. The van der Waals surface area contributed by atoms with Gasteiger partial charge in [0.1, 0.15) is 18.0 Å². The zero-order chi connectivity index (χ0) is 24.2. The predicted molar refractivity (Wildman–Crippen MR) is 132 cm³/mol. The number of amides is 4. The molecule has 4 rings (SSSR count). The minimum absolute atomic E-state index is 0. The van der Waals surface area contributed by atoms with Crippen LogP contribution in [0.4, 0.5) is 4.79 Å². The number of aromatic hydroxyl groups is 1. The quantitative estimate of drug-likeness (QED) is 0.639. The summed E-state index contributed by atoms with van der Waals surface area (Å²) in [4.78, 5) is 42.7. The summed E-state index contributed by atoms with van der Waals surface area (Å²) in [6.45, 7) is 0.481. The second-order valence-corrected chi connectivity index (χ2v) is 8.40. The van der Waals surface area contributed by atoms with Crippen molar-refractivity contribution in [1.29, 1.82) is 0 Å². The van der Waals surface area contributed by atoms with Crippen LogP contribution in [0.2, 0.25) is 0 Å². The summed E-state index contributed by atoms with van der Waals surface area (Å²) in [6, 6.07) is 14.8. The molecule has 2 N–H and O–H groups in total. The largest absolute Gasteiger partial charge is 0.508 e. The van der Waals surface area contributed by atoms with E-state index in [-0.39, 0.29) is 57.1 Å². The number of hydrazine groups is 1. The van der Waals surface area contributed by atoms with Gasteiger partial charge in [0.15, 0.2) is 0 Å². The predicted octanol–water partition coefficient (Wildman–Crippen LogP) is 1.64. The minimum Gasteiger partial charge on any atom is -0.508 e. The van der Waals surface area contributed by atoms with Crippen LogP contribution in [0.3, 0.4) is 0 Å². The first-order valence-electron chi connectivity index (χ1n) is 11.0. The maximum Gasteiger partial charge on any atom is 0.334 e. The van der Waals surface area contributed by atoms with Crippen molar-refractivity contribution in [2.75, 3.05) is 26.7 Å². The third-order valence-corrected chi connectivity index (χ3v) is 6.08. The number of phenols is 1. The lowest BCUT2D eigenvalue weighted by Crippen LogP contribution is -2.76. The van der Waals surface area contributed by atoms with E-state index in [4.69, 9.17) is 6.42 Å². The molecule has 2 aliphatic heterocycles. The number of hydrogen-bond acceptors (Lipinski definition) is 5. The molecule has 0 spiro atoms. The molecule has 0 aromatic heterocycles. The van der Waals surface area contributed by atoms with Gasteiger partial charge in [-0.2, -0.15) is 0 Å². The van der Waals surface area contributed by atoms with E-state index >= 15 is 0 Å². The van der Waals surface area contributed by atoms with E-state index in [0.717, 1.165) is 11.1 Å². The van der Waals surface area contributed by atoms with E-state index in [1.165, 1.54) is 26.9 Å². The lowest BCUT2D eigenvalue weighted by atomic mass is 9.99. The molecule has 0 radical (unpaired) electrons. The van der Waals surface area contributed by atoms with Gasteiger partial charge in [0.25, 0.3) is 0 Å². The van der Waals surface area contributed by atoms with Crippen LogP contribution in [0.5, 0.6) is 5.75 Å². The maximum atomic E-state index is 13.3. The Labute approximate surface area is 205 Å². The highest BCUT2D eigenvalue weighted by Gasteiger charge is 2.50. The van der Waals surface area contributed by atoms with Crippen LogP contribution in [0, 0.1) is 12.3 Å². The molecule has 2 atom stereocenters. The third kappa shape index (κ3) is 5.39. The van der Waals surface area contributed by atoms with Crippen LogP contribution in [0.15, 0.2) is 54.6 Å². The van der Waals surface area contributed by atoms with Gasteiger partial charge in [-0.05, 0) is 23.3 Å². The number of fused-ring (bicyclic) bond motifs is 1. The van der Waals surface area contributed by atoms with E-state index in [0.29, 0.717) is 6.54 Å². The van der Waals surface area contributed by atoms with E-state index in [9.17, 15) is 19.5 Å². The van der Waals surface area contributed by atoms with Gasteiger partial charge < -0.3 is 20.2 Å². The van der Waals surface area contributed by atoms with Gasteiger partial charge in [-0.25, -0.2) is 14.8 Å². The summed E-state index contributed by atoms with van der Waals surface area (Å²) >= 11 is 0. The van der Waals surface area contributed by atoms with Crippen LogP contribution in [-0.2, 0) is 22.6 Å². The molecule has 2 aromatic carbocycles. The van der Waals surface area contributed by atoms with Gasteiger partial charge in [-0.3, -0.25) is 9.59 Å². The Kier molecular flexibility index (Phi) is 7.99. The number of carbonyl (C=O) groups excluding carboxylic acids is 3. The monoisotopic (exact) mass is 477 g/mol. The number of terminal acetylenes is 1. The highest BCUT2D eigenvalue weighted by Crippen LogP contribution is 2.28. The van der Waals surface area contributed by atoms with Crippen molar-refractivity contribution in [3.63, 3.8) is 0 Å². The number of urea groups is 1. The molecule has 9 nitrogen and oxygen atoms in total. The highest BCUT2D eigenvalue weighted by molar-refractivity contribution is 5.91. The normalized spacial score (nSPS) is 20.1. The molecule has 2 aromatic rings. The fraction of sp³-hybridized carbons (Fsp3) is 0.346. The molecular formula is C26H31N5O4. The fourth-order valence-corrected chi connectivity index (χ4v) is 4.47. The van der Waals surface area contributed by atoms with Gasteiger partial charge in [0.2, 0.25) is 11.8 Å². The summed E-state index contributed by atoms with van der Waals surface area (Å²) in [5, 5.41) is 15.6. The number of rotatable bonds is 5. The number of carbonyl (C=O) groups is 3. The number of piperazine rings is 1. The first-order chi connectivity index (χ1) is 16.4. The zero-order valence-electron chi connectivity index (χ0n) is 18.9. The van der Waals surface area contributed by atoms with E-state index in [2.05, 4.69) is 11.2 Å². The first-order valence-corrected chi connectivity index (χ1v) is 11.0. The number of benzene rings is 2. The fourth-order valence-electron chi connectivity index (χ4n) is 4.47. The molecule has 2 fully saturated rings. The Morgan fingerprint density at radius 1 is 1.11 bits per heavy atom. The van der Waals surface area contributed by atoms with Crippen LogP contribution >= 0.6 is 0 Å². The van der Waals surface area contributed by atoms with Gasteiger partial charge >= 0.3 is 6.03 Å². The molecule has 0 bridgehead atoms. The lowest BCUT2D eigenvalue weighted by molar-refractivity contribution is -0.186. The average Bonchev–Trinajstić information content (AvgIpc) is 2.82. The first kappa shape index (κ1) is 25.6.